The lowest BCUT2D eigenvalue weighted by atomic mass is 9.81. The first-order chi connectivity index (χ1) is 13.5. The maximum atomic E-state index is 13.1. The van der Waals surface area contributed by atoms with E-state index in [9.17, 15) is 18.8 Å². The highest BCUT2D eigenvalue weighted by Gasteiger charge is 2.47. The first-order valence-electron chi connectivity index (χ1n) is 10.2. The third kappa shape index (κ3) is 3.62. The smallest absolute Gasteiger partial charge is 0.233 e. The normalized spacial score (nSPS) is 25.2. The van der Waals surface area contributed by atoms with E-state index < -0.39 is 0 Å². The summed E-state index contributed by atoms with van der Waals surface area (Å²) in [7, 11) is 0. The molecule has 0 spiro atoms. The Hall–Kier alpha value is -2.44. The van der Waals surface area contributed by atoms with Crippen molar-refractivity contribution in [1.29, 1.82) is 0 Å². The Bertz CT molecular complexity index is 735. The van der Waals surface area contributed by atoms with Gasteiger partial charge in [0.05, 0.1) is 11.8 Å². The number of hydrogen-bond acceptors (Lipinski definition) is 4. The second-order valence-corrected chi connectivity index (χ2v) is 7.92. The molecule has 150 valence electrons. The summed E-state index contributed by atoms with van der Waals surface area (Å²) in [5, 5.41) is 0. The van der Waals surface area contributed by atoms with Crippen LogP contribution in [0.25, 0.3) is 0 Å². The summed E-state index contributed by atoms with van der Waals surface area (Å²) in [6.07, 6.45) is 3.79. The van der Waals surface area contributed by atoms with E-state index in [1.165, 1.54) is 17.0 Å². The topological polar surface area (TPSA) is 60.9 Å². The van der Waals surface area contributed by atoms with Gasteiger partial charge in [0.25, 0.3) is 0 Å². The van der Waals surface area contributed by atoms with Crippen LogP contribution in [-0.4, -0.2) is 60.2 Å². The molecule has 28 heavy (non-hydrogen) atoms. The predicted molar refractivity (Wildman–Crippen MR) is 102 cm³/mol. The second-order valence-electron chi connectivity index (χ2n) is 7.92. The molecular formula is C21H26FN3O3. The van der Waals surface area contributed by atoms with Gasteiger partial charge >= 0.3 is 0 Å². The predicted octanol–water partition coefficient (Wildman–Crippen LogP) is 2.04. The molecule has 6 nitrogen and oxygen atoms in total. The van der Waals surface area contributed by atoms with E-state index in [-0.39, 0.29) is 48.3 Å². The minimum absolute atomic E-state index is 0.0192. The van der Waals surface area contributed by atoms with Crippen LogP contribution in [-0.2, 0) is 14.4 Å². The third-order valence-electron chi connectivity index (χ3n) is 6.31. The molecule has 2 saturated heterocycles. The van der Waals surface area contributed by atoms with E-state index in [1.54, 1.807) is 17.0 Å². The van der Waals surface area contributed by atoms with Crippen LogP contribution in [0.4, 0.5) is 10.1 Å². The zero-order valence-electron chi connectivity index (χ0n) is 16.0. The van der Waals surface area contributed by atoms with Crippen LogP contribution < -0.4 is 4.90 Å². The molecule has 0 radical (unpaired) electrons. The number of hydrogen-bond donors (Lipinski definition) is 0. The molecule has 3 aliphatic rings. The number of imide groups is 1. The lowest BCUT2D eigenvalue weighted by molar-refractivity contribution is -0.140. The zero-order chi connectivity index (χ0) is 19.7. The molecule has 0 aromatic heterocycles. The summed E-state index contributed by atoms with van der Waals surface area (Å²) in [5.74, 6) is -0.754. The fraction of sp³-hybridized carbons (Fsp3) is 0.571. The number of piperazine rings is 1. The van der Waals surface area contributed by atoms with Gasteiger partial charge in [-0.25, -0.2) is 4.39 Å². The van der Waals surface area contributed by atoms with Gasteiger partial charge in [0.15, 0.2) is 0 Å². The Morgan fingerprint density at radius 3 is 2.07 bits per heavy atom. The monoisotopic (exact) mass is 387 g/mol. The molecule has 3 amide bonds. The molecule has 7 heteroatoms. The molecule has 0 bridgehead atoms. The van der Waals surface area contributed by atoms with Crippen molar-refractivity contribution in [1.82, 2.24) is 9.80 Å². The first kappa shape index (κ1) is 18.9. The van der Waals surface area contributed by atoms with E-state index in [4.69, 9.17) is 0 Å². The van der Waals surface area contributed by atoms with Gasteiger partial charge < -0.3 is 9.80 Å². The molecule has 1 aliphatic carbocycles. The average molecular weight is 387 g/mol. The Balaban J connectivity index is 1.27. The van der Waals surface area contributed by atoms with Crippen molar-refractivity contribution in [3.63, 3.8) is 0 Å². The number of carbonyl (C=O) groups excluding carboxylic acids is 3. The van der Waals surface area contributed by atoms with Crippen molar-refractivity contribution in [2.24, 2.45) is 11.8 Å². The quantitative estimate of drug-likeness (QED) is 0.742. The van der Waals surface area contributed by atoms with Crippen molar-refractivity contribution < 1.29 is 18.8 Å². The van der Waals surface area contributed by atoms with Gasteiger partial charge in [-0.3, -0.25) is 19.3 Å². The summed E-state index contributed by atoms with van der Waals surface area (Å²) in [6, 6.07) is 6.37. The minimum atomic E-state index is -0.261. The number of anilines is 1. The fourth-order valence-corrected chi connectivity index (χ4v) is 4.68. The summed E-state index contributed by atoms with van der Waals surface area (Å²) < 4.78 is 13.1. The van der Waals surface area contributed by atoms with Crippen molar-refractivity contribution in [3.05, 3.63) is 30.1 Å². The van der Waals surface area contributed by atoms with Crippen LogP contribution in [0.1, 0.15) is 32.1 Å². The Labute approximate surface area is 164 Å². The van der Waals surface area contributed by atoms with E-state index >= 15 is 0 Å². The molecule has 2 heterocycles. The largest absolute Gasteiger partial charge is 0.368 e. The van der Waals surface area contributed by atoms with Gasteiger partial charge in [-0.2, -0.15) is 0 Å². The van der Waals surface area contributed by atoms with E-state index in [0.29, 0.717) is 26.2 Å². The number of nitrogens with zero attached hydrogens (tertiary/aromatic N) is 3. The van der Waals surface area contributed by atoms with E-state index in [0.717, 1.165) is 31.4 Å². The van der Waals surface area contributed by atoms with Crippen LogP contribution in [0.5, 0.6) is 0 Å². The van der Waals surface area contributed by atoms with Gasteiger partial charge in [0.1, 0.15) is 5.82 Å². The highest BCUT2D eigenvalue weighted by molar-refractivity contribution is 6.05. The van der Waals surface area contributed by atoms with Crippen LogP contribution in [0, 0.1) is 17.7 Å². The minimum Gasteiger partial charge on any atom is -0.368 e. The first-order valence-corrected chi connectivity index (χ1v) is 10.2. The molecule has 1 aromatic carbocycles. The lowest BCUT2D eigenvalue weighted by Gasteiger charge is -2.36. The van der Waals surface area contributed by atoms with E-state index in [1.807, 2.05) is 0 Å². The molecular weight excluding hydrogens is 361 g/mol. The lowest BCUT2D eigenvalue weighted by Crippen LogP contribution is -2.49. The standard InChI is InChI=1S/C21H26FN3O3/c22-15-5-7-16(8-6-15)23-11-13-24(14-12-23)19(26)9-10-25-20(27)17-3-1-2-4-18(17)21(25)28/h5-8,17-18H,1-4,9-14H2/t17-,18-/m0/s1. The van der Waals surface area contributed by atoms with Gasteiger partial charge in [-0.1, -0.05) is 12.8 Å². The van der Waals surface area contributed by atoms with Crippen LogP contribution in [0.15, 0.2) is 24.3 Å². The number of fused-ring (bicyclic) bond motifs is 1. The molecule has 3 fully saturated rings. The van der Waals surface area contributed by atoms with Gasteiger partial charge in [0.2, 0.25) is 17.7 Å². The number of amides is 3. The third-order valence-corrected chi connectivity index (χ3v) is 6.31. The summed E-state index contributed by atoms with van der Waals surface area (Å²) >= 11 is 0. The van der Waals surface area contributed by atoms with Gasteiger partial charge in [-0.05, 0) is 37.1 Å². The average Bonchev–Trinajstić information content (AvgIpc) is 2.97. The van der Waals surface area contributed by atoms with Crippen LogP contribution >= 0.6 is 0 Å². The Morgan fingerprint density at radius 2 is 1.50 bits per heavy atom. The molecule has 2 aliphatic heterocycles. The van der Waals surface area contributed by atoms with Crippen molar-refractivity contribution in [2.75, 3.05) is 37.6 Å². The number of halogens is 1. The molecule has 0 N–H and O–H groups in total. The Morgan fingerprint density at radius 1 is 0.929 bits per heavy atom. The second kappa shape index (κ2) is 7.89. The molecule has 1 aromatic rings. The van der Waals surface area contributed by atoms with Crippen molar-refractivity contribution >= 4 is 23.4 Å². The number of rotatable bonds is 4. The number of carbonyl (C=O) groups is 3. The van der Waals surface area contributed by atoms with Gasteiger partial charge in [-0.15, -0.1) is 0 Å². The summed E-state index contributed by atoms with van der Waals surface area (Å²) in [5.41, 5.74) is 0.948. The van der Waals surface area contributed by atoms with Gasteiger partial charge in [0, 0.05) is 44.8 Å². The zero-order valence-corrected chi connectivity index (χ0v) is 16.0. The summed E-state index contributed by atoms with van der Waals surface area (Å²) in [6.45, 7) is 2.74. The molecule has 2 atom stereocenters. The number of likely N-dealkylation sites (tertiary alicyclic amines) is 1. The molecule has 0 unspecified atom stereocenters. The number of benzene rings is 1. The van der Waals surface area contributed by atoms with E-state index in [2.05, 4.69) is 4.90 Å². The van der Waals surface area contributed by atoms with Crippen molar-refractivity contribution in [2.45, 2.75) is 32.1 Å². The van der Waals surface area contributed by atoms with Crippen LogP contribution in [0.3, 0.4) is 0 Å². The van der Waals surface area contributed by atoms with Crippen LogP contribution in [0.2, 0.25) is 0 Å². The fourth-order valence-electron chi connectivity index (χ4n) is 4.68. The molecule has 4 rings (SSSR count). The maximum Gasteiger partial charge on any atom is 0.233 e. The van der Waals surface area contributed by atoms with Crippen molar-refractivity contribution in [3.8, 4) is 0 Å². The highest BCUT2D eigenvalue weighted by atomic mass is 19.1. The maximum absolute atomic E-state index is 13.1. The Kier molecular flexibility index (Phi) is 5.33. The molecule has 1 saturated carbocycles. The SMILES string of the molecule is O=C(CCN1C(=O)[C@H]2CCCC[C@@H]2C1=O)N1CCN(c2ccc(F)cc2)CC1. The highest BCUT2D eigenvalue weighted by Crippen LogP contribution is 2.38. The summed E-state index contributed by atoms with van der Waals surface area (Å²) in [4.78, 5) is 42.8.